The molecule has 0 amide bonds. The van der Waals surface area contributed by atoms with Gasteiger partial charge in [0.05, 0.1) is 7.11 Å². The number of sulfonamides is 1. The van der Waals surface area contributed by atoms with Gasteiger partial charge in [-0.15, -0.1) is 0 Å². The van der Waals surface area contributed by atoms with Gasteiger partial charge in [-0.25, -0.2) is 13.1 Å². The molecule has 6 heteroatoms. The van der Waals surface area contributed by atoms with E-state index in [0.29, 0.717) is 18.3 Å². The van der Waals surface area contributed by atoms with Gasteiger partial charge >= 0.3 is 0 Å². The van der Waals surface area contributed by atoms with Crippen LogP contribution >= 0.6 is 0 Å². The highest BCUT2D eigenvalue weighted by Gasteiger charge is 2.18. The van der Waals surface area contributed by atoms with Gasteiger partial charge in [0.2, 0.25) is 10.0 Å². The zero-order chi connectivity index (χ0) is 15.2. The zero-order valence-corrected chi connectivity index (χ0v) is 13.4. The third kappa shape index (κ3) is 5.11. The smallest absolute Gasteiger partial charge is 0.244 e. The molecule has 0 aliphatic rings. The molecule has 0 unspecified atom stereocenters. The minimum Gasteiger partial charge on any atom is -0.495 e. The van der Waals surface area contributed by atoms with Crippen LogP contribution in [0.5, 0.6) is 5.75 Å². The van der Waals surface area contributed by atoms with E-state index in [1.807, 2.05) is 13.0 Å². The lowest BCUT2D eigenvalue weighted by Gasteiger charge is -2.12. The number of rotatable bonds is 8. The summed E-state index contributed by atoms with van der Waals surface area (Å²) in [6.45, 7) is 7.15. The standard InChI is InChI=1S/C14H24N2O3S/c1-11(2)15-8-5-9-16-20(17,18)14-10-12(3)6-7-13(14)19-4/h6-7,10-11,15-16H,5,8-9H2,1-4H3. The molecule has 1 rings (SSSR count). The molecule has 0 atom stereocenters. The molecule has 0 saturated carbocycles. The first-order valence-corrected chi connectivity index (χ1v) is 8.23. The van der Waals surface area contributed by atoms with E-state index in [0.717, 1.165) is 18.5 Å². The Morgan fingerprint density at radius 3 is 2.55 bits per heavy atom. The summed E-state index contributed by atoms with van der Waals surface area (Å²) >= 11 is 0. The van der Waals surface area contributed by atoms with Crippen molar-refractivity contribution in [2.24, 2.45) is 0 Å². The topological polar surface area (TPSA) is 67.4 Å². The third-order valence-electron chi connectivity index (χ3n) is 2.81. The molecule has 0 radical (unpaired) electrons. The molecular formula is C14H24N2O3S. The van der Waals surface area contributed by atoms with Crippen LogP contribution < -0.4 is 14.8 Å². The average molecular weight is 300 g/mol. The van der Waals surface area contributed by atoms with Gasteiger partial charge in [-0.05, 0) is 37.6 Å². The fourth-order valence-corrected chi connectivity index (χ4v) is 3.08. The van der Waals surface area contributed by atoms with E-state index in [4.69, 9.17) is 4.74 Å². The summed E-state index contributed by atoms with van der Waals surface area (Å²) in [5.41, 5.74) is 0.882. The van der Waals surface area contributed by atoms with E-state index in [9.17, 15) is 8.42 Å². The summed E-state index contributed by atoms with van der Waals surface area (Å²) < 4.78 is 32.2. The molecule has 1 aromatic carbocycles. The van der Waals surface area contributed by atoms with Crippen LogP contribution in [0.2, 0.25) is 0 Å². The number of ether oxygens (including phenoxy) is 1. The highest BCUT2D eigenvalue weighted by molar-refractivity contribution is 7.89. The monoisotopic (exact) mass is 300 g/mol. The minimum absolute atomic E-state index is 0.191. The highest BCUT2D eigenvalue weighted by atomic mass is 32.2. The molecule has 2 N–H and O–H groups in total. The van der Waals surface area contributed by atoms with Crippen LogP contribution in [-0.4, -0.2) is 34.7 Å². The van der Waals surface area contributed by atoms with Crippen LogP contribution in [0.1, 0.15) is 25.8 Å². The van der Waals surface area contributed by atoms with Gasteiger partial charge in [0.1, 0.15) is 10.6 Å². The maximum absolute atomic E-state index is 12.2. The Balaban J connectivity index is 2.67. The minimum atomic E-state index is -3.53. The van der Waals surface area contributed by atoms with E-state index >= 15 is 0 Å². The molecule has 114 valence electrons. The Labute approximate surface area is 121 Å². The first-order valence-electron chi connectivity index (χ1n) is 6.74. The average Bonchev–Trinajstić information content (AvgIpc) is 2.37. The maximum atomic E-state index is 12.2. The van der Waals surface area contributed by atoms with Crippen LogP contribution in [0.3, 0.4) is 0 Å². The quantitative estimate of drug-likeness (QED) is 0.717. The molecule has 5 nitrogen and oxygen atoms in total. The number of aryl methyl sites for hydroxylation is 1. The number of hydrogen-bond acceptors (Lipinski definition) is 4. The second kappa shape index (κ2) is 7.61. The van der Waals surface area contributed by atoms with E-state index in [1.165, 1.54) is 7.11 Å². The summed E-state index contributed by atoms with van der Waals surface area (Å²) in [5, 5.41) is 3.24. The molecule has 0 saturated heterocycles. The van der Waals surface area contributed by atoms with Crippen molar-refractivity contribution in [3.05, 3.63) is 23.8 Å². The van der Waals surface area contributed by atoms with Gasteiger partial charge in [-0.2, -0.15) is 0 Å². The molecule has 0 spiro atoms. The van der Waals surface area contributed by atoms with Crippen molar-refractivity contribution in [3.8, 4) is 5.75 Å². The van der Waals surface area contributed by atoms with E-state index in [2.05, 4.69) is 23.9 Å². The number of benzene rings is 1. The molecule has 0 aromatic heterocycles. The number of methoxy groups -OCH3 is 1. The lowest BCUT2D eigenvalue weighted by atomic mass is 10.2. The van der Waals surface area contributed by atoms with E-state index in [-0.39, 0.29) is 4.90 Å². The molecule has 0 aliphatic heterocycles. The Hall–Kier alpha value is -1.11. The van der Waals surface area contributed by atoms with Crippen molar-refractivity contribution in [1.82, 2.24) is 10.0 Å². The molecular weight excluding hydrogens is 276 g/mol. The normalized spacial score (nSPS) is 11.8. The molecule has 0 bridgehead atoms. The van der Waals surface area contributed by atoms with Gasteiger partial charge in [-0.1, -0.05) is 19.9 Å². The summed E-state index contributed by atoms with van der Waals surface area (Å²) in [6, 6.07) is 5.52. The van der Waals surface area contributed by atoms with Crippen molar-refractivity contribution in [2.45, 2.75) is 38.1 Å². The Morgan fingerprint density at radius 1 is 1.25 bits per heavy atom. The zero-order valence-electron chi connectivity index (χ0n) is 12.6. The predicted molar refractivity (Wildman–Crippen MR) is 80.7 cm³/mol. The van der Waals surface area contributed by atoms with Gasteiger partial charge in [0, 0.05) is 12.6 Å². The summed E-state index contributed by atoms with van der Waals surface area (Å²) in [6.07, 6.45) is 0.742. The largest absolute Gasteiger partial charge is 0.495 e. The Morgan fingerprint density at radius 2 is 1.95 bits per heavy atom. The maximum Gasteiger partial charge on any atom is 0.244 e. The van der Waals surface area contributed by atoms with Crippen molar-refractivity contribution < 1.29 is 13.2 Å². The van der Waals surface area contributed by atoms with Crippen LogP contribution in [0.25, 0.3) is 0 Å². The summed E-state index contributed by atoms with van der Waals surface area (Å²) in [5.74, 6) is 0.364. The lowest BCUT2D eigenvalue weighted by molar-refractivity contribution is 0.402. The van der Waals surface area contributed by atoms with Crippen LogP contribution in [0.4, 0.5) is 0 Å². The SMILES string of the molecule is COc1ccc(C)cc1S(=O)(=O)NCCCNC(C)C. The van der Waals surface area contributed by atoms with Gasteiger partial charge in [-0.3, -0.25) is 0 Å². The second-order valence-corrected chi connectivity index (χ2v) is 6.75. The first kappa shape index (κ1) is 16.9. The van der Waals surface area contributed by atoms with Crippen molar-refractivity contribution in [1.29, 1.82) is 0 Å². The molecule has 1 aromatic rings. The van der Waals surface area contributed by atoms with Crippen molar-refractivity contribution in [3.63, 3.8) is 0 Å². The third-order valence-corrected chi connectivity index (χ3v) is 4.29. The second-order valence-electron chi connectivity index (χ2n) is 5.01. The fraction of sp³-hybridized carbons (Fsp3) is 0.571. The lowest BCUT2D eigenvalue weighted by Crippen LogP contribution is -2.30. The summed E-state index contributed by atoms with van der Waals surface area (Å²) in [4.78, 5) is 0.191. The molecule has 0 aliphatic carbocycles. The predicted octanol–water partition coefficient (Wildman–Crippen LogP) is 1.67. The highest BCUT2D eigenvalue weighted by Crippen LogP contribution is 2.24. The van der Waals surface area contributed by atoms with Gasteiger partial charge in [0.25, 0.3) is 0 Å². The Bertz CT molecular complexity index is 527. The number of hydrogen-bond donors (Lipinski definition) is 2. The summed E-state index contributed by atoms with van der Waals surface area (Å²) in [7, 11) is -2.06. The van der Waals surface area contributed by atoms with Crippen molar-refractivity contribution in [2.75, 3.05) is 20.2 Å². The molecule has 0 fully saturated rings. The fourth-order valence-electron chi connectivity index (χ4n) is 1.76. The van der Waals surface area contributed by atoms with Gasteiger partial charge < -0.3 is 10.1 Å². The van der Waals surface area contributed by atoms with Crippen LogP contribution in [-0.2, 0) is 10.0 Å². The van der Waals surface area contributed by atoms with Crippen LogP contribution in [0.15, 0.2) is 23.1 Å². The number of nitrogens with one attached hydrogen (secondary N) is 2. The van der Waals surface area contributed by atoms with Crippen LogP contribution in [0, 0.1) is 6.92 Å². The first-order chi connectivity index (χ1) is 9.36. The van der Waals surface area contributed by atoms with E-state index < -0.39 is 10.0 Å². The Kier molecular flexibility index (Phi) is 6.45. The van der Waals surface area contributed by atoms with Crippen molar-refractivity contribution >= 4 is 10.0 Å². The van der Waals surface area contributed by atoms with E-state index in [1.54, 1.807) is 12.1 Å². The molecule has 20 heavy (non-hydrogen) atoms. The van der Waals surface area contributed by atoms with Gasteiger partial charge in [0.15, 0.2) is 0 Å². The molecule has 0 heterocycles.